The van der Waals surface area contributed by atoms with Crippen molar-refractivity contribution in [1.82, 2.24) is 4.90 Å². The molecule has 0 spiro atoms. The van der Waals surface area contributed by atoms with Gasteiger partial charge < -0.3 is 13.8 Å². The molecule has 0 saturated carbocycles. The fourth-order valence-corrected chi connectivity index (χ4v) is 5.45. The predicted molar refractivity (Wildman–Crippen MR) is 72.1 cm³/mol. The van der Waals surface area contributed by atoms with Gasteiger partial charge in [0.1, 0.15) is 0 Å². The van der Waals surface area contributed by atoms with Crippen LogP contribution in [0.3, 0.4) is 0 Å². The molecule has 0 atom stereocenters. The lowest BCUT2D eigenvalue weighted by Gasteiger charge is -2.30. The molecule has 0 radical (unpaired) electrons. The van der Waals surface area contributed by atoms with E-state index < -0.39 is 8.56 Å². The Morgan fingerprint density at radius 1 is 0.938 bits per heavy atom. The van der Waals surface area contributed by atoms with Gasteiger partial charge in [0.15, 0.2) is 0 Å². The number of rotatable bonds is 10. The lowest BCUT2D eigenvalue weighted by Crippen LogP contribution is -2.42. The fraction of sp³-hybridized carbons (Fsp3) is 1.00. The summed E-state index contributed by atoms with van der Waals surface area (Å²) in [5, 5.41) is 0. The van der Waals surface area contributed by atoms with Crippen LogP contribution in [0.4, 0.5) is 0 Å². The van der Waals surface area contributed by atoms with Crippen LogP contribution >= 0.6 is 0 Å². The van der Waals surface area contributed by atoms with Gasteiger partial charge in [-0.05, 0) is 53.0 Å². The summed E-state index contributed by atoms with van der Waals surface area (Å²) in [7, 11) is 2.34. The van der Waals surface area contributed by atoms with Crippen LogP contribution < -0.4 is 0 Å². The van der Waals surface area contributed by atoms with Gasteiger partial charge >= 0.3 is 8.56 Å². The number of hydrogen-bond acceptors (Lipinski definition) is 3. The normalized spacial score (nSPS) is 12.4. The van der Waals surface area contributed by atoms with E-state index in [4.69, 9.17) is 8.85 Å². The third kappa shape index (κ3) is 6.63. The largest absolute Gasteiger partial charge is 0.394 e. The zero-order valence-corrected chi connectivity index (χ0v) is 12.7. The molecule has 16 heavy (non-hydrogen) atoms. The summed E-state index contributed by atoms with van der Waals surface area (Å²) in [6, 6.07) is 2.25. The number of hydrogen-bond donors (Lipinski definition) is 0. The predicted octanol–water partition coefficient (Wildman–Crippen LogP) is 2.86. The second-order valence-electron chi connectivity index (χ2n) is 4.43. The first-order valence-electron chi connectivity index (χ1n) is 6.52. The van der Waals surface area contributed by atoms with Crippen LogP contribution in [-0.4, -0.2) is 47.3 Å². The third-order valence-electron chi connectivity index (χ3n) is 2.61. The molecule has 0 aliphatic carbocycles. The molecule has 0 aromatic carbocycles. The highest BCUT2D eigenvalue weighted by molar-refractivity contribution is 6.67. The minimum absolute atomic E-state index is 0.786. The van der Waals surface area contributed by atoms with Crippen LogP contribution in [0.25, 0.3) is 0 Å². The van der Waals surface area contributed by atoms with E-state index in [1.165, 1.54) is 6.42 Å². The van der Waals surface area contributed by atoms with Crippen molar-refractivity contribution in [2.45, 2.75) is 45.7 Å². The van der Waals surface area contributed by atoms with E-state index in [1.807, 2.05) is 0 Å². The molecular weight excluding hydrogens is 218 g/mol. The van der Waals surface area contributed by atoms with Crippen LogP contribution in [0.15, 0.2) is 0 Å². The maximum Gasteiger partial charge on any atom is 0.338 e. The van der Waals surface area contributed by atoms with Gasteiger partial charge in [-0.2, -0.15) is 0 Å². The Balaban J connectivity index is 4.23. The van der Waals surface area contributed by atoms with Gasteiger partial charge in [-0.25, -0.2) is 0 Å². The quantitative estimate of drug-likeness (QED) is 0.554. The van der Waals surface area contributed by atoms with Gasteiger partial charge in [0.05, 0.1) is 0 Å². The van der Waals surface area contributed by atoms with E-state index in [0.717, 1.165) is 38.3 Å². The third-order valence-corrected chi connectivity index (χ3v) is 6.62. The molecule has 0 amide bonds. The average Bonchev–Trinajstić information content (AvgIpc) is 2.18. The Hall–Kier alpha value is 0.0969. The highest BCUT2D eigenvalue weighted by atomic mass is 28.4. The van der Waals surface area contributed by atoms with Crippen LogP contribution in [0.5, 0.6) is 0 Å². The zero-order valence-electron chi connectivity index (χ0n) is 11.7. The number of nitrogens with zero attached hydrogens (tertiary/aromatic N) is 1. The second kappa shape index (κ2) is 9.16. The van der Waals surface area contributed by atoms with Crippen LogP contribution in [0.2, 0.25) is 12.1 Å². The first kappa shape index (κ1) is 16.1. The summed E-state index contributed by atoms with van der Waals surface area (Å²) >= 11 is 0. The second-order valence-corrected chi connectivity index (χ2v) is 7.83. The van der Waals surface area contributed by atoms with Gasteiger partial charge in [0.25, 0.3) is 0 Å². The highest BCUT2D eigenvalue weighted by Gasteiger charge is 2.35. The standard InChI is InChI=1S/C12H29NO2Si/c1-6-11-16(14-7-2,15-8-3)12-9-10-13(4)5/h6-12H2,1-5H3. The molecule has 0 aliphatic rings. The fourth-order valence-electron chi connectivity index (χ4n) is 2.03. The molecule has 0 saturated heterocycles. The van der Waals surface area contributed by atoms with Crippen molar-refractivity contribution < 1.29 is 8.85 Å². The zero-order chi connectivity index (χ0) is 12.4. The molecule has 0 aromatic heterocycles. The molecule has 0 aliphatic heterocycles. The molecule has 0 aromatic rings. The van der Waals surface area contributed by atoms with E-state index in [-0.39, 0.29) is 0 Å². The van der Waals surface area contributed by atoms with E-state index in [9.17, 15) is 0 Å². The topological polar surface area (TPSA) is 21.7 Å². The summed E-state index contributed by atoms with van der Waals surface area (Å²) in [5.74, 6) is 0. The van der Waals surface area contributed by atoms with Crippen molar-refractivity contribution in [2.24, 2.45) is 0 Å². The van der Waals surface area contributed by atoms with E-state index in [0.29, 0.717) is 0 Å². The van der Waals surface area contributed by atoms with Crippen molar-refractivity contribution >= 4 is 8.56 Å². The van der Waals surface area contributed by atoms with Crippen molar-refractivity contribution in [2.75, 3.05) is 33.9 Å². The van der Waals surface area contributed by atoms with E-state index >= 15 is 0 Å². The Kier molecular flexibility index (Phi) is 9.22. The minimum atomic E-state index is -1.89. The van der Waals surface area contributed by atoms with Crippen molar-refractivity contribution in [3.05, 3.63) is 0 Å². The Morgan fingerprint density at radius 2 is 1.50 bits per heavy atom. The van der Waals surface area contributed by atoms with Crippen molar-refractivity contribution in [3.63, 3.8) is 0 Å². The van der Waals surface area contributed by atoms with Crippen LogP contribution in [-0.2, 0) is 8.85 Å². The Bertz CT molecular complexity index is 148. The summed E-state index contributed by atoms with van der Waals surface area (Å²) in [5.41, 5.74) is 0. The van der Waals surface area contributed by atoms with Crippen molar-refractivity contribution in [1.29, 1.82) is 0 Å². The van der Waals surface area contributed by atoms with Crippen LogP contribution in [0.1, 0.15) is 33.6 Å². The summed E-state index contributed by atoms with van der Waals surface area (Å²) in [6.45, 7) is 9.05. The maximum atomic E-state index is 5.99. The molecule has 0 rings (SSSR count). The van der Waals surface area contributed by atoms with Gasteiger partial charge in [-0.15, -0.1) is 0 Å². The molecule has 0 heterocycles. The van der Waals surface area contributed by atoms with E-state index in [2.05, 4.69) is 39.8 Å². The molecule has 0 fully saturated rings. The van der Waals surface area contributed by atoms with Gasteiger partial charge in [-0.3, -0.25) is 0 Å². The minimum Gasteiger partial charge on any atom is -0.394 e. The van der Waals surface area contributed by atoms with Crippen LogP contribution in [0, 0.1) is 0 Å². The molecule has 0 unspecified atom stereocenters. The molecule has 3 nitrogen and oxygen atoms in total. The summed E-state index contributed by atoms with van der Waals surface area (Å²) in [4.78, 5) is 2.23. The molecule has 4 heteroatoms. The van der Waals surface area contributed by atoms with Gasteiger partial charge in [0.2, 0.25) is 0 Å². The molecule has 98 valence electrons. The van der Waals surface area contributed by atoms with Gasteiger partial charge in [0, 0.05) is 13.2 Å². The molecular formula is C12H29NO2Si. The SMILES string of the molecule is CCC[Si](CCCN(C)C)(OCC)OCC. The maximum absolute atomic E-state index is 5.99. The lowest BCUT2D eigenvalue weighted by molar-refractivity contribution is 0.180. The van der Waals surface area contributed by atoms with Crippen molar-refractivity contribution in [3.8, 4) is 0 Å². The Morgan fingerprint density at radius 3 is 1.88 bits per heavy atom. The highest BCUT2D eigenvalue weighted by Crippen LogP contribution is 2.23. The first-order chi connectivity index (χ1) is 7.60. The van der Waals surface area contributed by atoms with Gasteiger partial charge in [-0.1, -0.05) is 13.3 Å². The Labute approximate surface area is 102 Å². The molecule has 0 N–H and O–H groups in total. The summed E-state index contributed by atoms with van der Waals surface area (Å²) in [6.07, 6.45) is 2.34. The monoisotopic (exact) mass is 247 g/mol. The average molecular weight is 247 g/mol. The first-order valence-corrected chi connectivity index (χ1v) is 8.76. The molecule has 0 bridgehead atoms. The summed E-state index contributed by atoms with van der Waals surface area (Å²) < 4.78 is 12.0. The smallest absolute Gasteiger partial charge is 0.338 e. The lowest BCUT2D eigenvalue weighted by atomic mass is 10.5. The van der Waals surface area contributed by atoms with E-state index in [1.54, 1.807) is 0 Å².